The molecule has 0 atom stereocenters. The van der Waals surface area contributed by atoms with Gasteiger partial charge in [0.1, 0.15) is 0 Å². The average molecular weight is 408 g/mol. The fourth-order valence-corrected chi connectivity index (χ4v) is 3.80. The standard InChI is InChI=1S/C22H33NO6/c1-22(2,3)15-9-7-14(8-10-15)21(25)29-13-19(24)23-16-11-17(26-4)20(28-6)18(12-16)27-5/h11-12,14-15H,7-10,13H2,1-6H3,(H,23,24). The lowest BCUT2D eigenvalue weighted by molar-refractivity contribution is -0.153. The third kappa shape index (κ3) is 6.02. The Bertz CT molecular complexity index is 691. The summed E-state index contributed by atoms with van der Waals surface area (Å²) in [5.41, 5.74) is 0.723. The predicted octanol–water partition coefficient (Wildman–Crippen LogP) is 4.05. The number of carbonyl (C=O) groups is 2. The van der Waals surface area contributed by atoms with E-state index in [1.165, 1.54) is 21.3 Å². The van der Waals surface area contributed by atoms with Gasteiger partial charge in [0.2, 0.25) is 5.75 Å². The number of ether oxygens (including phenoxy) is 4. The molecule has 1 fully saturated rings. The van der Waals surface area contributed by atoms with E-state index in [0.717, 1.165) is 25.7 Å². The molecule has 7 nitrogen and oxygen atoms in total. The van der Waals surface area contributed by atoms with Crippen molar-refractivity contribution in [2.75, 3.05) is 33.3 Å². The minimum absolute atomic E-state index is 0.123. The maximum absolute atomic E-state index is 12.3. The van der Waals surface area contributed by atoms with Gasteiger partial charge in [-0.25, -0.2) is 0 Å². The minimum Gasteiger partial charge on any atom is -0.493 e. The van der Waals surface area contributed by atoms with Crippen molar-refractivity contribution in [3.8, 4) is 17.2 Å². The molecule has 1 aliphatic carbocycles. The van der Waals surface area contributed by atoms with Crippen LogP contribution in [0.2, 0.25) is 0 Å². The number of carbonyl (C=O) groups excluding carboxylic acids is 2. The van der Waals surface area contributed by atoms with Crippen LogP contribution in [0.15, 0.2) is 12.1 Å². The van der Waals surface area contributed by atoms with Crippen molar-refractivity contribution in [2.24, 2.45) is 17.3 Å². The average Bonchev–Trinajstić information content (AvgIpc) is 2.70. The zero-order valence-electron chi connectivity index (χ0n) is 18.3. The Kier molecular flexibility index (Phi) is 7.76. The first-order chi connectivity index (χ1) is 13.7. The molecule has 162 valence electrons. The quantitative estimate of drug-likeness (QED) is 0.687. The number of esters is 1. The van der Waals surface area contributed by atoms with E-state index in [2.05, 4.69) is 26.1 Å². The number of nitrogens with one attached hydrogen (secondary N) is 1. The second-order valence-electron chi connectivity index (χ2n) is 8.48. The van der Waals surface area contributed by atoms with E-state index < -0.39 is 5.91 Å². The maximum Gasteiger partial charge on any atom is 0.309 e. The predicted molar refractivity (Wildman–Crippen MR) is 111 cm³/mol. The SMILES string of the molecule is COc1cc(NC(=O)COC(=O)C2CCC(C(C)(C)C)CC2)cc(OC)c1OC. The van der Waals surface area contributed by atoms with Gasteiger partial charge in [0.05, 0.1) is 27.2 Å². The van der Waals surface area contributed by atoms with Crippen molar-refractivity contribution in [3.05, 3.63) is 12.1 Å². The normalized spacial score (nSPS) is 19.2. The molecule has 1 amide bonds. The van der Waals surface area contributed by atoms with Gasteiger partial charge in [-0.2, -0.15) is 0 Å². The van der Waals surface area contributed by atoms with Crippen LogP contribution in [0, 0.1) is 17.3 Å². The summed E-state index contributed by atoms with van der Waals surface area (Å²) >= 11 is 0. The van der Waals surface area contributed by atoms with Crippen LogP contribution in [0.5, 0.6) is 17.2 Å². The van der Waals surface area contributed by atoms with Crippen LogP contribution in [0.1, 0.15) is 46.5 Å². The highest BCUT2D eigenvalue weighted by Gasteiger charge is 2.33. The van der Waals surface area contributed by atoms with Crippen LogP contribution in [0.3, 0.4) is 0 Å². The molecule has 0 spiro atoms. The van der Waals surface area contributed by atoms with E-state index in [1.54, 1.807) is 12.1 Å². The van der Waals surface area contributed by atoms with Gasteiger partial charge in [-0.15, -0.1) is 0 Å². The van der Waals surface area contributed by atoms with Crippen LogP contribution in [0.4, 0.5) is 5.69 Å². The van der Waals surface area contributed by atoms with Gasteiger partial charge in [0.15, 0.2) is 18.1 Å². The van der Waals surface area contributed by atoms with E-state index in [0.29, 0.717) is 28.9 Å². The number of hydrogen-bond donors (Lipinski definition) is 1. The van der Waals surface area contributed by atoms with Crippen molar-refractivity contribution in [1.29, 1.82) is 0 Å². The molecule has 1 saturated carbocycles. The zero-order chi connectivity index (χ0) is 21.6. The topological polar surface area (TPSA) is 83.1 Å². The number of anilines is 1. The number of benzene rings is 1. The molecule has 0 aromatic heterocycles. The van der Waals surface area contributed by atoms with Crippen LogP contribution in [-0.2, 0) is 14.3 Å². The number of methoxy groups -OCH3 is 3. The first kappa shape index (κ1) is 22.8. The lowest BCUT2D eigenvalue weighted by atomic mass is 9.70. The Morgan fingerprint density at radius 2 is 1.52 bits per heavy atom. The van der Waals surface area contributed by atoms with Gasteiger partial charge >= 0.3 is 5.97 Å². The van der Waals surface area contributed by atoms with Gasteiger partial charge in [-0.3, -0.25) is 9.59 Å². The summed E-state index contributed by atoms with van der Waals surface area (Å²) in [6.45, 7) is 6.39. The van der Waals surface area contributed by atoms with Crippen molar-refractivity contribution in [2.45, 2.75) is 46.5 Å². The summed E-state index contributed by atoms with van der Waals surface area (Å²) in [6, 6.07) is 3.24. The Morgan fingerprint density at radius 1 is 0.966 bits per heavy atom. The van der Waals surface area contributed by atoms with Crippen molar-refractivity contribution >= 4 is 17.6 Å². The number of hydrogen-bond acceptors (Lipinski definition) is 6. The molecule has 0 heterocycles. The molecule has 0 saturated heterocycles. The van der Waals surface area contributed by atoms with Crippen LogP contribution in [-0.4, -0.2) is 39.8 Å². The molecule has 7 heteroatoms. The highest BCUT2D eigenvalue weighted by molar-refractivity contribution is 5.93. The number of rotatable bonds is 7. The van der Waals surface area contributed by atoms with Crippen molar-refractivity contribution in [3.63, 3.8) is 0 Å². The summed E-state index contributed by atoms with van der Waals surface area (Å²) in [6.07, 6.45) is 3.66. The first-order valence-corrected chi connectivity index (χ1v) is 9.96. The van der Waals surface area contributed by atoms with Gasteiger partial charge in [0.25, 0.3) is 5.91 Å². The lowest BCUT2D eigenvalue weighted by Gasteiger charge is -2.36. The molecule has 2 rings (SSSR count). The summed E-state index contributed by atoms with van der Waals surface area (Å²) in [4.78, 5) is 24.6. The highest BCUT2D eigenvalue weighted by atomic mass is 16.5. The van der Waals surface area contributed by atoms with Gasteiger partial charge < -0.3 is 24.3 Å². The molecule has 0 aliphatic heterocycles. The molecule has 1 N–H and O–H groups in total. The molecule has 1 aromatic rings. The van der Waals surface area contributed by atoms with Gasteiger partial charge in [-0.1, -0.05) is 20.8 Å². The fourth-order valence-electron chi connectivity index (χ4n) is 3.80. The molecular formula is C22H33NO6. The molecule has 1 aliphatic rings. The molecule has 0 radical (unpaired) electrons. The zero-order valence-corrected chi connectivity index (χ0v) is 18.3. The summed E-state index contributed by atoms with van der Waals surface area (Å²) in [5, 5.41) is 2.70. The molecule has 0 bridgehead atoms. The van der Waals surface area contributed by atoms with Crippen molar-refractivity contribution in [1.82, 2.24) is 0 Å². The molecular weight excluding hydrogens is 374 g/mol. The van der Waals surface area contributed by atoms with E-state index >= 15 is 0 Å². The Hall–Kier alpha value is -2.44. The van der Waals surface area contributed by atoms with Crippen LogP contribution >= 0.6 is 0 Å². The monoisotopic (exact) mass is 407 g/mol. The third-order valence-electron chi connectivity index (χ3n) is 5.58. The minimum atomic E-state index is -0.420. The van der Waals surface area contributed by atoms with Gasteiger partial charge in [-0.05, 0) is 37.0 Å². The second-order valence-corrected chi connectivity index (χ2v) is 8.48. The fraction of sp³-hybridized carbons (Fsp3) is 0.636. The summed E-state index contributed by atoms with van der Waals surface area (Å²) < 4.78 is 21.1. The van der Waals surface area contributed by atoms with Crippen LogP contribution in [0.25, 0.3) is 0 Å². The Balaban J connectivity index is 1.88. The first-order valence-electron chi connectivity index (χ1n) is 9.96. The lowest BCUT2D eigenvalue weighted by Crippen LogP contribution is -2.31. The summed E-state index contributed by atoms with van der Waals surface area (Å²) in [7, 11) is 4.51. The second kappa shape index (κ2) is 9.85. The molecule has 0 unspecified atom stereocenters. The van der Waals surface area contributed by atoms with E-state index in [4.69, 9.17) is 18.9 Å². The number of amides is 1. The summed E-state index contributed by atoms with van der Waals surface area (Å²) in [5.74, 6) is 1.07. The Morgan fingerprint density at radius 3 is 1.97 bits per heavy atom. The largest absolute Gasteiger partial charge is 0.493 e. The van der Waals surface area contributed by atoms with Gasteiger partial charge in [0, 0.05) is 17.8 Å². The highest BCUT2D eigenvalue weighted by Crippen LogP contribution is 2.41. The third-order valence-corrected chi connectivity index (χ3v) is 5.58. The van der Waals surface area contributed by atoms with E-state index in [1.807, 2.05) is 0 Å². The molecule has 1 aromatic carbocycles. The Labute approximate surface area is 173 Å². The molecule has 29 heavy (non-hydrogen) atoms. The van der Waals surface area contributed by atoms with Crippen molar-refractivity contribution < 1.29 is 28.5 Å². The van der Waals surface area contributed by atoms with Crippen LogP contribution < -0.4 is 19.5 Å². The van der Waals surface area contributed by atoms with E-state index in [-0.39, 0.29) is 23.9 Å². The van der Waals surface area contributed by atoms with E-state index in [9.17, 15) is 9.59 Å². The smallest absolute Gasteiger partial charge is 0.309 e. The maximum atomic E-state index is 12.3.